The molecule has 2 aromatic carbocycles. The van der Waals surface area contributed by atoms with Crippen LogP contribution in [0.1, 0.15) is 42.5 Å². The standard InChI is InChI=1S/C21H25NO3/c1-15(17-12-11-16-7-3-4-8-18(16)13-17)22-21(23)14-25-20-10-6-5-9-19(20)24-2/h5-6,9-13,15H,3-4,7-8,14H2,1-2H3,(H,22,23)/t15-/m0/s1. The quantitative estimate of drug-likeness (QED) is 0.870. The maximum absolute atomic E-state index is 12.2. The molecule has 132 valence electrons. The number of amides is 1. The van der Waals surface area contributed by atoms with Crippen LogP contribution in [0.4, 0.5) is 0 Å². The first-order valence-corrected chi connectivity index (χ1v) is 8.84. The van der Waals surface area contributed by atoms with E-state index in [2.05, 4.69) is 23.5 Å². The summed E-state index contributed by atoms with van der Waals surface area (Å²) in [6.07, 6.45) is 4.84. The minimum atomic E-state index is -0.142. The summed E-state index contributed by atoms with van der Waals surface area (Å²) in [6, 6.07) is 13.8. The zero-order valence-corrected chi connectivity index (χ0v) is 14.9. The van der Waals surface area contributed by atoms with E-state index in [0.29, 0.717) is 11.5 Å². The molecule has 3 rings (SSSR count). The molecule has 0 aliphatic heterocycles. The van der Waals surface area contributed by atoms with E-state index < -0.39 is 0 Å². The Hall–Kier alpha value is -2.49. The van der Waals surface area contributed by atoms with Crippen LogP contribution in [0.25, 0.3) is 0 Å². The second-order valence-electron chi connectivity index (χ2n) is 6.46. The van der Waals surface area contributed by atoms with Crippen molar-refractivity contribution in [3.8, 4) is 11.5 Å². The Kier molecular flexibility index (Phi) is 5.59. The van der Waals surface area contributed by atoms with Crippen LogP contribution in [0.3, 0.4) is 0 Å². The molecule has 2 aromatic rings. The maximum Gasteiger partial charge on any atom is 0.258 e. The van der Waals surface area contributed by atoms with Crippen LogP contribution in [0, 0.1) is 0 Å². The Bertz CT molecular complexity index is 742. The van der Waals surface area contributed by atoms with Gasteiger partial charge in [0.05, 0.1) is 13.2 Å². The van der Waals surface area contributed by atoms with E-state index in [1.807, 2.05) is 25.1 Å². The lowest BCUT2D eigenvalue weighted by molar-refractivity contribution is -0.123. The van der Waals surface area contributed by atoms with Gasteiger partial charge in [0.2, 0.25) is 0 Å². The molecule has 0 saturated heterocycles. The summed E-state index contributed by atoms with van der Waals surface area (Å²) in [5.41, 5.74) is 4.02. The van der Waals surface area contributed by atoms with Crippen molar-refractivity contribution in [2.45, 2.75) is 38.6 Å². The molecule has 0 saturated carbocycles. The third-order valence-corrected chi connectivity index (χ3v) is 4.68. The van der Waals surface area contributed by atoms with Crippen LogP contribution >= 0.6 is 0 Å². The summed E-state index contributed by atoms with van der Waals surface area (Å²) in [5.74, 6) is 1.05. The molecule has 1 aliphatic carbocycles. The van der Waals surface area contributed by atoms with Crippen molar-refractivity contribution in [1.29, 1.82) is 0 Å². The third kappa shape index (κ3) is 4.32. The van der Waals surface area contributed by atoms with E-state index >= 15 is 0 Å². The fraction of sp³-hybridized carbons (Fsp3) is 0.381. The summed E-state index contributed by atoms with van der Waals surface area (Å²) in [6.45, 7) is 1.97. The van der Waals surface area contributed by atoms with E-state index in [4.69, 9.17) is 9.47 Å². The van der Waals surface area contributed by atoms with E-state index in [-0.39, 0.29) is 18.6 Å². The first kappa shape index (κ1) is 17.3. The lowest BCUT2D eigenvalue weighted by Crippen LogP contribution is -2.31. The number of aryl methyl sites for hydroxylation is 2. The monoisotopic (exact) mass is 339 g/mol. The van der Waals surface area contributed by atoms with Crippen molar-refractivity contribution in [2.75, 3.05) is 13.7 Å². The van der Waals surface area contributed by atoms with Gasteiger partial charge in [-0.2, -0.15) is 0 Å². The summed E-state index contributed by atoms with van der Waals surface area (Å²) < 4.78 is 10.8. The molecule has 25 heavy (non-hydrogen) atoms. The van der Waals surface area contributed by atoms with Crippen LogP contribution < -0.4 is 14.8 Å². The third-order valence-electron chi connectivity index (χ3n) is 4.68. The molecule has 1 aliphatic rings. The van der Waals surface area contributed by atoms with Crippen molar-refractivity contribution in [2.24, 2.45) is 0 Å². The van der Waals surface area contributed by atoms with E-state index in [1.165, 1.54) is 30.4 Å². The minimum absolute atomic E-state index is 0.0321. The molecule has 4 nitrogen and oxygen atoms in total. The SMILES string of the molecule is COc1ccccc1OCC(=O)N[C@@H](C)c1ccc2c(c1)CCCC2. The molecule has 4 heteroatoms. The number of hydrogen-bond donors (Lipinski definition) is 1. The van der Waals surface area contributed by atoms with E-state index in [1.54, 1.807) is 13.2 Å². The van der Waals surface area contributed by atoms with Gasteiger partial charge >= 0.3 is 0 Å². The predicted molar refractivity (Wildman–Crippen MR) is 98.1 cm³/mol. The van der Waals surface area contributed by atoms with Crippen molar-refractivity contribution in [1.82, 2.24) is 5.32 Å². The second kappa shape index (κ2) is 8.06. The normalized spacial score (nSPS) is 14.3. The van der Waals surface area contributed by atoms with Crippen LogP contribution in [0.15, 0.2) is 42.5 Å². The molecule has 0 fully saturated rings. The molecule has 0 spiro atoms. The fourth-order valence-corrected chi connectivity index (χ4v) is 3.27. The zero-order valence-electron chi connectivity index (χ0n) is 14.9. The number of rotatable bonds is 6. The number of carbonyl (C=O) groups excluding carboxylic acids is 1. The molecular formula is C21H25NO3. The number of fused-ring (bicyclic) bond motifs is 1. The van der Waals surface area contributed by atoms with E-state index in [9.17, 15) is 4.79 Å². The highest BCUT2D eigenvalue weighted by Crippen LogP contribution is 2.26. The van der Waals surface area contributed by atoms with Crippen LogP contribution in [-0.2, 0) is 17.6 Å². The summed E-state index contributed by atoms with van der Waals surface area (Å²) in [5, 5.41) is 3.01. The Morgan fingerprint density at radius 1 is 1.08 bits per heavy atom. The van der Waals surface area contributed by atoms with Gasteiger partial charge in [-0.25, -0.2) is 0 Å². The van der Waals surface area contributed by atoms with Gasteiger partial charge in [0.1, 0.15) is 0 Å². The van der Waals surface area contributed by atoms with Crippen molar-refractivity contribution in [3.05, 3.63) is 59.2 Å². The zero-order chi connectivity index (χ0) is 17.6. The maximum atomic E-state index is 12.2. The molecule has 0 radical (unpaired) electrons. The van der Waals surface area contributed by atoms with Gasteiger partial charge in [-0.1, -0.05) is 30.3 Å². The van der Waals surface area contributed by atoms with Crippen LogP contribution in [-0.4, -0.2) is 19.6 Å². The Balaban J connectivity index is 1.57. The lowest BCUT2D eigenvalue weighted by atomic mass is 9.89. The Morgan fingerprint density at radius 3 is 2.56 bits per heavy atom. The van der Waals surface area contributed by atoms with Crippen molar-refractivity contribution >= 4 is 5.91 Å². The predicted octanol–water partition coefficient (Wildman–Crippen LogP) is 3.83. The van der Waals surface area contributed by atoms with Gasteiger partial charge < -0.3 is 14.8 Å². The Labute approximate surface area is 149 Å². The highest BCUT2D eigenvalue weighted by Gasteiger charge is 2.15. The van der Waals surface area contributed by atoms with Crippen LogP contribution in [0.2, 0.25) is 0 Å². The minimum Gasteiger partial charge on any atom is -0.493 e. The first-order chi connectivity index (χ1) is 12.2. The number of hydrogen-bond acceptors (Lipinski definition) is 3. The topological polar surface area (TPSA) is 47.6 Å². The molecule has 0 bridgehead atoms. The summed E-state index contributed by atoms with van der Waals surface area (Å²) in [4.78, 5) is 12.2. The lowest BCUT2D eigenvalue weighted by Gasteiger charge is -2.20. The van der Waals surface area contributed by atoms with E-state index in [0.717, 1.165) is 12.0 Å². The number of carbonyl (C=O) groups is 1. The largest absolute Gasteiger partial charge is 0.493 e. The smallest absolute Gasteiger partial charge is 0.258 e. The molecule has 0 unspecified atom stereocenters. The van der Waals surface area contributed by atoms with Gasteiger partial charge in [0.15, 0.2) is 18.1 Å². The van der Waals surface area contributed by atoms with Gasteiger partial charge in [-0.15, -0.1) is 0 Å². The van der Waals surface area contributed by atoms with Crippen molar-refractivity contribution < 1.29 is 14.3 Å². The number of methoxy groups -OCH3 is 1. The van der Waals surface area contributed by atoms with Gasteiger partial charge in [-0.3, -0.25) is 4.79 Å². The number of benzene rings is 2. The van der Waals surface area contributed by atoms with Crippen molar-refractivity contribution in [3.63, 3.8) is 0 Å². The summed E-state index contributed by atoms with van der Waals surface area (Å²) in [7, 11) is 1.58. The number of nitrogens with one attached hydrogen (secondary N) is 1. The molecule has 1 amide bonds. The van der Waals surface area contributed by atoms with Gasteiger partial charge in [-0.05, 0) is 61.4 Å². The van der Waals surface area contributed by atoms with Gasteiger partial charge in [0.25, 0.3) is 5.91 Å². The average Bonchev–Trinajstić information content (AvgIpc) is 2.66. The number of para-hydroxylation sites is 2. The number of ether oxygens (including phenoxy) is 2. The van der Waals surface area contributed by atoms with Crippen LogP contribution in [0.5, 0.6) is 11.5 Å². The molecule has 0 aromatic heterocycles. The molecular weight excluding hydrogens is 314 g/mol. The van der Waals surface area contributed by atoms with Gasteiger partial charge in [0, 0.05) is 0 Å². The average molecular weight is 339 g/mol. The Morgan fingerprint density at radius 2 is 1.80 bits per heavy atom. The fourth-order valence-electron chi connectivity index (χ4n) is 3.27. The molecule has 1 atom stereocenters. The molecule has 1 N–H and O–H groups in total. The highest BCUT2D eigenvalue weighted by molar-refractivity contribution is 5.78. The first-order valence-electron chi connectivity index (χ1n) is 8.84. The highest BCUT2D eigenvalue weighted by atomic mass is 16.5. The summed E-state index contributed by atoms with van der Waals surface area (Å²) >= 11 is 0. The second-order valence-corrected chi connectivity index (χ2v) is 6.46. The molecule has 0 heterocycles.